The zero-order valence-electron chi connectivity index (χ0n) is 11.4. The van der Waals surface area contributed by atoms with Crippen molar-refractivity contribution in [2.75, 3.05) is 11.1 Å². The van der Waals surface area contributed by atoms with Crippen molar-refractivity contribution in [3.05, 3.63) is 34.1 Å². The number of benzene rings is 1. The number of hydrogen-bond donors (Lipinski definition) is 2. The minimum atomic E-state index is 0.105. The van der Waals surface area contributed by atoms with Crippen LogP contribution in [0.1, 0.15) is 25.3 Å². The van der Waals surface area contributed by atoms with Crippen molar-refractivity contribution in [3.63, 3.8) is 0 Å². The fraction of sp³-hybridized carbons (Fsp3) is 0.400. The molecule has 1 aliphatic heterocycles. The summed E-state index contributed by atoms with van der Waals surface area (Å²) in [4.78, 5) is 12.5. The molecule has 0 aliphatic carbocycles. The summed E-state index contributed by atoms with van der Waals surface area (Å²) >= 11 is 0. The highest BCUT2D eigenvalue weighted by molar-refractivity contribution is 5.95. The maximum absolute atomic E-state index is 12.5. The minimum absolute atomic E-state index is 0.105. The lowest BCUT2D eigenvalue weighted by Crippen LogP contribution is -2.24. The molecule has 3 N–H and O–H groups in total. The van der Waals surface area contributed by atoms with Crippen LogP contribution in [-0.4, -0.2) is 10.6 Å². The highest BCUT2D eigenvalue weighted by Crippen LogP contribution is 2.30. The van der Waals surface area contributed by atoms with Gasteiger partial charge in [0.15, 0.2) is 0 Å². The first-order valence-electron chi connectivity index (χ1n) is 6.75. The van der Waals surface area contributed by atoms with Gasteiger partial charge < -0.3 is 15.6 Å². The molecule has 1 unspecified atom stereocenters. The molecule has 0 saturated heterocycles. The third-order valence-corrected chi connectivity index (χ3v) is 3.97. The van der Waals surface area contributed by atoms with Gasteiger partial charge in [-0.2, -0.15) is 0 Å². The smallest absolute Gasteiger partial charge is 0.256 e. The summed E-state index contributed by atoms with van der Waals surface area (Å²) in [5, 5.41) is 4.54. The summed E-state index contributed by atoms with van der Waals surface area (Å²) < 4.78 is 1.73. The molecule has 0 spiro atoms. The number of pyridine rings is 1. The monoisotopic (exact) mass is 257 g/mol. The summed E-state index contributed by atoms with van der Waals surface area (Å²) in [6.07, 6.45) is 2.97. The Morgan fingerprint density at radius 2 is 2.21 bits per heavy atom. The van der Waals surface area contributed by atoms with Crippen molar-refractivity contribution < 1.29 is 0 Å². The maximum atomic E-state index is 12.5. The van der Waals surface area contributed by atoms with E-state index in [-0.39, 0.29) is 5.56 Å². The standard InChI is InChI=1S/C15H19N3O/c1-9-4-3-5-11-14(17-9)12-8-10(16)6-7-13(12)18(2)15(11)19/h6-9,17H,3-5,16H2,1-2H3. The maximum Gasteiger partial charge on any atom is 0.256 e. The molecule has 2 heterocycles. The first-order valence-corrected chi connectivity index (χ1v) is 6.75. The van der Waals surface area contributed by atoms with Gasteiger partial charge in [0, 0.05) is 29.7 Å². The van der Waals surface area contributed by atoms with Crippen LogP contribution in [0.3, 0.4) is 0 Å². The van der Waals surface area contributed by atoms with E-state index in [9.17, 15) is 4.79 Å². The van der Waals surface area contributed by atoms with Crippen molar-refractivity contribution >= 4 is 22.3 Å². The molecular formula is C15H19N3O. The third kappa shape index (κ3) is 1.87. The van der Waals surface area contributed by atoms with E-state index in [0.717, 1.165) is 47.1 Å². The summed E-state index contributed by atoms with van der Waals surface area (Å²) in [7, 11) is 1.83. The SMILES string of the molecule is CC1CCCc2c(c3cc(N)ccc3n(C)c2=O)N1. The Bertz CT molecular complexity index is 703. The average Bonchev–Trinajstić information content (AvgIpc) is 2.58. The van der Waals surface area contributed by atoms with E-state index >= 15 is 0 Å². The van der Waals surface area contributed by atoms with E-state index in [1.165, 1.54) is 0 Å². The second kappa shape index (κ2) is 4.30. The van der Waals surface area contributed by atoms with E-state index in [4.69, 9.17) is 5.73 Å². The van der Waals surface area contributed by atoms with Crippen molar-refractivity contribution in [1.29, 1.82) is 0 Å². The van der Waals surface area contributed by atoms with Gasteiger partial charge in [-0.1, -0.05) is 0 Å². The first kappa shape index (κ1) is 12.1. The van der Waals surface area contributed by atoms with Crippen LogP contribution in [0.5, 0.6) is 0 Å². The topological polar surface area (TPSA) is 60.0 Å². The number of hydrogen-bond acceptors (Lipinski definition) is 3. The van der Waals surface area contributed by atoms with Crippen LogP contribution < -0.4 is 16.6 Å². The van der Waals surface area contributed by atoms with Crippen LogP contribution in [0, 0.1) is 0 Å². The Morgan fingerprint density at radius 3 is 3.00 bits per heavy atom. The molecule has 1 aromatic carbocycles. The lowest BCUT2D eigenvalue weighted by Gasteiger charge is -2.17. The van der Waals surface area contributed by atoms with Crippen LogP contribution in [-0.2, 0) is 13.5 Å². The van der Waals surface area contributed by atoms with Crippen molar-refractivity contribution in [2.24, 2.45) is 7.05 Å². The Kier molecular flexibility index (Phi) is 2.73. The Morgan fingerprint density at radius 1 is 1.42 bits per heavy atom. The Balaban J connectivity index is 2.41. The third-order valence-electron chi connectivity index (χ3n) is 3.97. The summed E-state index contributed by atoms with van der Waals surface area (Å²) in [5.41, 5.74) is 9.54. The Hall–Kier alpha value is -1.97. The number of nitrogen functional groups attached to an aromatic ring is 1. The number of fused-ring (bicyclic) bond motifs is 3. The van der Waals surface area contributed by atoms with Gasteiger partial charge in [-0.25, -0.2) is 0 Å². The normalized spacial score (nSPS) is 18.7. The van der Waals surface area contributed by atoms with Crippen molar-refractivity contribution in [3.8, 4) is 0 Å². The molecule has 19 heavy (non-hydrogen) atoms. The van der Waals surface area contributed by atoms with Gasteiger partial charge in [0.25, 0.3) is 5.56 Å². The first-order chi connectivity index (χ1) is 9.08. The lowest BCUT2D eigenvalue weighted by molar-refractivity contribution is 0.672. The zero-order valence-corrected chi connectivity index (χ0v) is 11.4. The van der Waals surface area contributed by atoms with E-state index in [1.54, 1.807) is 4.57 Å². The van der Waals surface area contributed by atoms with Crippen molar-refractivity contribution in [1.82, 2.24) is 4.57 Å². The van der Waals surface area contributed by atoms with Crippen molar-refractivity contribution in [2.45, 2.75) is 32.2 Å². The molecule has 3 rings (SSSR count). The highest BCUT2D eigenvalue weighted by Gasteiger charge is 2.19. The quantitative estimate of drug-likeness (QED) is 0.712. The number of nitrogens with zero attached hydrogens (tertiary/aromatic N) is 1. The van der Waals surface area contributed by atoms with Gasteiger partial charge in [-0.05, 0) is 44.4 Å². The minimum Gasteiger partial charge on any atom is -0.399 e. The fourth-order valence-electron chi connectivity index (χ4n) is 2.93. The summed E-state index contributed by atoms with van der Waals surface area (Å²) in [6.45, 7) is 2.16. The van der Waals surface area contributed by atoms with E-state index < -0.39 is 0 Å². The van der Waals surface area contributed by atoms with Gasteiger partial charge in [0.1, 0.15) is 0 Å². The number of aromatic nitrogens is 1. The molecule has 0 radical (unpaired) electrons. The second-order valence-electron chi connectivity index (χ2n) is 5.43. The van der Waals surface area contributed by atoms with Crippen LogP contribution in [0.25, 0.3) is 10.9 Å². The largest absolute Gasteiger partial charge is 0.399 e. The fourth-order valence-corrected chi connectivity index (χ4v) is 2.93. The van der Waals surface area contributed by atoms with Crippen LogP contribution in [0.2, 0.25) is 0 Å². The molecule has 0 amide bonds. The number of nitrogens with one attached hydrogen (secondary N) is 1. The summed E-state index contributed by atoms with van der Waals surface area (Å²) in [5.74, 6) is 0. The number of aryl methyl sites for hydroxylation is 1. The number of rotatable bonds is 0. The molecule has 100 valence electrons. The molecule has 0 bridgehead atoms. The molecule has 4 nitrogen and oxygen atoms in total. The van der Waals surface area contributed by atoms with Gasteiger partial charge >= 0.3 is 0 Å². The predicted octanol–water partition coefficient (Wildman–Crippen LogP) is 2.26. The molecule has 0 fully saturated rings. The van der Waals surface area contributed by atoms with Gasteiger partial charge in [0.05, 0.1) is 11.2 Å². The lowest BCUT2D eigenvalue weighted by atomic mass is 10.0. The summed E-state index contributed by atoms with van der Waals surface area (Å²) in [6, 6.07) is 6.11. The molecule has 0 saturated carbocycles. The average molecular weight is 257 g/mol. The number of nitrogens with two attached hydrogens (primary N) is 1. The van der Waals surface area contributed by atoms with Crippen LogP contribution >= 0.6 is 0 Å². The molecule has 2 aromatic rings. The van der Waals surface area contributed by atoms with Crippen LogP contribution in [0.4, 0.5) is 11.4 Å². The molecule has 4 heteroatoms. The molecule has 1 aliphatic rings. The number of anilines is 2. The van der Waals surface area contributed by atoms with Crippen LogP contribution in [0.15, 0.2) is 23.0 Å². The Labute approximate surface area is 112 Å². The zero-order chi connectivity index (χ0) is 13.6. The van der Waals surface area contributed by atoms with Gasteiger partial charge in [0.2, 0.25) is 0 Å². The van der Waals surface area contributed by atoms with E-state index in [0.29, 0.717) is 6.04 Å². The molecule has 1 aromatic heterocycles. The molecular weight excluding hydrogens is 238 g/mol. The van der Waals surface area contributed by atoms with Gasteiger partial charge in [-0.3, -0.25) is 4.79 Å². The molecule has 1 atom stereocenters. The van der Waals surface area contributed by atoms with E-state index in [1.807, 2.05) is 25.2 Å². The van der Waals surface area contributed by atoms with E-state index in [2.05, 4.69) is 12.2 Å². The predicted molar refractivity (Wildman–Crippen MR) is 79.6 cm³/mol. The second-order valence-corrected chi connectivity index (χ2v) is 5.43. The van der Waals surface area contributed by atoms with Gasteiger partial charge in [-0.15, -0.1) is 0 Å². The highest BCUT2D eigenvalue weighted by atomic mass is 16.1.